The van der Waals surface area contributed by atoms with E-state index in [-0.39, 0.29) is 12.7 Å². The summed E-state index contributed by atoms with van der Waals surface area (Å²) in [4.78, 5) is 0. The average molecular weight is 178 g/mol. The summed E-state index contributed by atoms with van der Waals surface area (Å²) in [7, 11) is 0. The molecule has 70 valence electrons. The number of benzene rings is 1. The molecule has 0 spiro atoms. The Balaban J connectivity index is 2.04. The van der Waals surface area contributed by atoms with Gasteiger partial charge in [0.15, 0.2) is 0 Å². The molecule has 0 saturated carbocycles. The van der Waals surface area contributed by atoms with Gasteiger partial charge in [-0.25, -0.2) is 0 Å². The molecular weight excluding hydrogens is 164 g/mol. The third-order valence-electron chi connectivity index (χ3n) is 2.51. The molecule has 1 aromatic carbocycles. The van der Waals surface area contributed by atoms with Crippen molar-refractivity contribution in [3.8, 4) is 0 Å². The highest BCUT2D eigenvalue weighted by Crippen LogP contribution is 2.31. The van der Waals surface area contributed by atoms with Crippen LogP contribution in [0.3, 0.4) is 0 Å². The van der Waals surface area contributed by atoms with Gasteiger partial charge in [0.25, 0.3) is 0 Å². The van der Waals surface area contributed by atoms with Gasteiger partial charge >= 0.3 is 0 Å². The lowest BCUT2D eigenvalue weighted by Crippen LogP contribution is -2.03. The van der Waals surface area contributed by atoms with Gasteiger partial charge in [0.1, 0.15) is 0 Å². The van der Waals surface area contributed by atoms with Crippen molar-refractivity contribution in [3.05, 3.63) is 35.9 Å². The number of hydrogen-bond donors (Lipinski definition) is 1. The van der Waals surface area contributed by atoms with Crippen molar-refractivity contribution in [1.82, 2.24) is 0 Å². The van der Waals surface area contributed by atoms with E-state index in [1.54, 1.807) is 0 Å². The number of aliphatic hydroxyl groups excluding tert-OH is 1. The molecule has 0 radical (unpaired) electrons. The summed E-state index contributed by atoms with van der Waals surface area (Å²) in [5.41, 5.74) is 1.22. The van der Waals surface area contributed by atoms with Crippen LogP contribution in [0.2, 0.25) is 0 Å². The van der Waals surface area contributed by atoms with Crippen molar-refractivity contribution in [2.45, 2.75) is 12.5 Å². The molecule has 2 nitrogen and oxygen atoms in total. The average Bonchev–Trinajstić information content (AvgIpc) is 2.67. The minimum Gasteiger partial charge on any atom is -0.396 e. The van der Waals surface area contributed by atoms with Gasteiger partial charge < -0.3 is 9.84 Å². The Hall–Kier alpha value is -0.860. The Bertz CT molecular complexity index is 258. The summed E-state index contributed by atoms with van der Waals surface area (Å²) in [5, 5.41) is 8.95. The van der Waals surface area contributed by atoms with E-state index in [1.165, 1.54) is 5.56 Å². The van der Waals surface area contributed by atoms with Crippen LogP contribution < -0.4 is 0 Å². The Morgan fingerprint density at radius 3 is 2.69 bits per heavy atom. The monoisotopic (exact) mass is 178 g/mol. The molecule has 1 aromatic rings. The van der Waals surface area contributed by atoms with E-state index in [4.69, 9.17) is 9.84 Å². The van der Waals surface area contributed by atoms with E-state index in [9.17, 15) is 0 Å². The van der Waals surface area contributed by atoms with Crippen molar-refractivity contribution in [3.63, 3.8) is 0 Å². The number of ether oxygens (including phenoxy) is 1. The van der Waals surface area contributed by atoms with Crippen LogP contribution in [0, 0.1) is 5.92 Å². The van der Waals surface area contributed by atoms with Crippen LogP contribution in [0.15, 0.2) is 30.3 Å². The van der Waals surface area contributed by atoms with Crippen molar-refractivity contribution < 1.29 is 9.84 Å². The van der Waals surface area contributed by atoms with Crippen LogP contribution in [-0.2, 0) is 4.74 Å². The summed E-state index contributed by atoms with van der Waals surface area (Å²) in [5.74, 6) is 0.324. The quantitative estimate of drug-likeness (QED) is 0.747. The molecule has 1 N–H and O–H groups in total. The topological polar surface area (TPSA) is 29.5 Å². The van der Waals surface area contributed by atoms with Crippen molar-refractivity contribution in [1.29, 1.82) is 0 Å². The Labute approximate surface area is 78.2 Å². The van der Waals surface area contributed by atoms with Crippen LogP contribution in [0.25, 0.3) is 0 Å². The molecule has 2 atom stereocenters. The molecule has 1 saturated heterocycles. The lowest BCUT2D eigenvalue weighted by atomic mass is 10.0. The second-order valence-corrected chi connectivity index (χ2v) is 3.52. The Kier molecular flexibility index (Phi) is 2.62. The lowest BCUT2D eigenvalue weighted by molar-refractivity contribution is 0.101. The first-order chi connectivity index (χ1) is 6.40. The van der Waals surface area contributed by atoms with E-state index in [2.05, 4.69) is 12.1 Å². The van der Waals surface area contributed by atoms with Crippen LogP contribution in [-0.4, -0.2) is 18.3 Å². The Morgan fingerprint density at radius 2 is 2.08 bits per heavy atom. The fourth-order valence-corrected chi connectivity index (χ4v) is 1.72. The molecule has 1 aliphatic heterocycles. The molecule has 1 fully saturated rings. The zero-order valence-corrected chi connectivity index (χ0v) is 7.52. The van der Waals surface area contributed by atoms with Gasteiger partial charge in [-0.1, -0.05) is 30.3 Å². The van der Waals surface area contributed by atoms with Crippen LogP contribution in [0.1, 0.15) is 18.1 Å². The second kappa shape index (κ2) is 3.90. The lowest BCUT2D eigenvalue weighted by Gasteiger charge is -2.08. The third-order valence-corrected chi connectivity index (χ3v) is 2.51. The normalized spacial score (nSPS) is 27.8. The van der Waals surface area contributed by atoms with Gasteiger partial charge in [-0.15, -0.1) is 0 Å². The molecule has 0 bridgehead atoms. The number of hydrogen-bond acceptors (Lipinski definition) is 2. The summed E-state index contributed by atoms with van der Waals surface area (Å²) < 4.78 is 5.58. The van der Waals surface area contributed by atoms with Gasteiger partial charge in [0, 0.05) is 12.5 Å². The van der Waals surface area contributed by atoms with E-state index in [1.807, 2.05) is 18.2 Å². The zero-order valence-electron chi connectivity index (χ0n) is 7.52. The molecule has 13 heavy (non-hydrogen) atoms. The third kappa shape index (κ3) is 1.90. The molecule has 0 unspecified atom stereocenters. The van der Waals surface area contributed by atoms with Crippen molar-refractivity contribution >= 4 is 0 Å². The molecule has 0 amide bonds. The first kappa shape index (κ1) is 8.73. The zero-order chi connectivity index (χ0) is 9.10. The van der Waals surface area contributed by atoms with Crippen LogP contribution >= 0.6 is 0 Å². The van der Waals surface area contributed by atoms with E-state index in [0.717, 1.165) is 6.42 Å². The number of rotatable bonds is 2. The maximum absolute atomic E-state index is 8.95. The molecule has 1 aliphatic rings. The molecule has 2 rings (SSSR count). The molecule has 0 aliphatic carbocycles. The largest absolute Gasteiger partial charge is 0.396 e. The van der Waals surface area contributed by atoms with E-state index in [0.29, 0.717) is 12.5 Å². The minimum atomic E-state index is 0.193. The molecular formula is C11H14O2. The maximum Gasteiger partial charge on any atom is 0.0829 e. The van der Waals surface area contributed by atoms with Crippen molar-refractivity contribution in [2.24, 2.45) is 5.92 Å². The van der Waals surface area contributed by atoms with Crippen molar-refractivity contribution in [2.75, 3.05) is 13.2 Å². The van der Waals surface area contributed by atoms with E-state index >= 15 is 0 Å². The summed E-state index contributed by atoms with van der Waals surface area (Å²) in [6.45, 7) is 0.930. The van der Waals surface area contributed by atoms with Gasteiger partial charge in [-0.3, -0.25) is 0 Å². The van der Waals surface area contributed by atoms with Gasteiger partial charge in [0.2, 0.25) is 0 Å². The molecule has 2 heteroatoms. The highest BCUT2D eigenvalue weighted by Gasteiger charge is 2.25. The SMILES string of the molecule is OC[C@H]1CO[C@H](c2ccccc2)C1. The van der Waals surface area contributed by atoms with Gasteiger partial charge in [-0.2, -0.15) is 0 Å². The van der Waals surface area contributed by atoms with E-state index < -0.39 is 0 Å². The predicted octanol–water partition coefficient (Wildman–Crippen LogP) is 1.76. The number of aliphatic hydroxyl groups is 1. The van der Waals surface area contributed by atoms with Crippen LogP contribution in [0.5, 0.6) is 0 Å². The maximum atomic E-state index is 8.95. The second-order valence-electron chi connectivity index (χ2n) is 3.52. The summed E-state index contributed by atoms with van der Waals surface area (Å²) in [6.07, 6.45) is 1.14. The first-order valence-electron chi connectivity index (χ1n) is 4.67. The minimum absolute atomic E-state index is 0.193. The fourth-order valence-electron chi connectivity index (χ4n) is 1.72. The highest BCUT2D eigenvalue weighted by atomic mass is 16.5. The first-order valence-corrected chi connectivity index (χ1v) is 4.67. The summed E-state index contributed by atoms with van der Waals surface area (Å²) in [6, 6.07) is 10.2. The predicted molar refractivity (Wildman–Crippen MR) is 50.3 cm³/mol. The van der Waals surface area contributed by atoms with Gasteiger partial charge in [0.05, 0.1) is 12.7 Å². The fraction of sp³-hybridized carbons (Fsp3) is 0.455. The van der Waals surface area contributed by atoms with Gasteiger partial charge in [-0.05, 0) is 12.0 Å². The summed E-state index contributed by atoms with van der Waals surface area (Å²) >= 11 is 0. The smallest absolute Gasteiger partial charge is 0.0829 e. The molecule has 0 aromatic heterocycles. The standard InChI is InChI=1S/C11H14O2/c12-7-9-6-11(13-8-9)10-4-2-1-3-5-10/h1-5,9,11-12H,6-8H2/t9-,11-/m0/s1. The van der Waals surface area contributed by atoms with Crippen LogP contribution in [0.4, 0.5) is 0 Å². The molecule has 1 heterocycles. The highest BCUT2D eigenvalue weighted by molar-refractivity contribution is 5.18. The Morgan fingerprint density at radius 1 is 1.31 bits per heavy atom.